The lowest BCUT2D eigenvalue weighted by Crippen LogP contribution is -2.10. The Morgan fingerprint density at radius 1 is 1.38 bits per heavy atom. The zero-order valence-electron chi connectivity index (χ0n) is 8.65. The van der Waals surface area contributed by atoms with Crippen molar-refractivity contribution >= 4 is 5.70 Å². The first-order valence-electron chi connectivity index (χ1n) is 4.65. The molecule has 0 spiro atoms. The summed E-state index contributed by atoms with van der Waals surface area (Å²) in [5, 5.41) is 3.23. The Morgan fingerprint density at radius 2 is 2.08 bits per heavy atom. The molecule has 0 aliphatic carbocycles. The Labute approximate surface area is 80.5 Å². The molecule has 0 aliphatic heterocycles. The minimum Gasteiger partial charge on any atom is -0.385 e. The number of aryl methyl sites for hydroxylation is 2. The molecule has 1 heteroatoms. The van der Waals surface area contributed by atoms with Gasteiger partial charge >= 0.3 is 0 Å². The maximum atomic E-state index is 3.99. The average molecular weight is 175 g/mol. The monoisotopic (exact) mass is 175 g/mol. The molecule has 0 heterocycles. The minimum atomic E-state index is 0.923. The summed E-state index contributed by atoms with van der Waals surface area (Å²) < 4.78 is 0. The molecule has 0 amide bonds. The maximum absolute atomic E-state index is 3.99. The Kier molecular flexibility index (Phi) is 3.13. The number of benzene rings is 1. The van der Waals surface area contributed by atoms with Gasteiger partial charge in [-0.15, -0.1) is 0 Å². The van der Waals surface area contributed by atoms with Gasteiger partial charge in [0.05, 0.1) is 0 Å². The van der Waals surface area contributed by atoms with Gasteiger partial charge in [-0.1, -0.05) is 30.3 Å². The van der Waals surface area contributed by atoms with Gasteiger partial charge in [-0.3, -0.25) is 0 Å². The third kappa shape index (κ3) is 2.35. The summed E-state index contributed by atoms with van der Waals surface area (Å²) in [4.78, 5) is 0. The number of hydrogen-bond donors (Lipinski definition) is 1. The molecule has 1 N–H and O–H groups in total. The Balaban J connectivity index is 2.95. The normalized spacial score (nSPS) is 9.77. The van der Waals surface area contributed by atoms with Gasteiger partial charge in [0.2, 0.25) is 0 Å². The molecule has 1 rings (SSSR count). The van der Waals surface area contributed by atoms with Crippen LogP contribution in [0.1, 0.15) is 23.6 Å². The predicted octanol–water partition coefficient (Wildman–Crippen LogP) is 2.88. The summed E-state index contributed by atoms with van der Waals surface area (Å²) in [5.74, 6) is 0. The minimum absolute atomic E-state index is 0.923. The zero-order chi connectivity index (χ0) is 9.84. The maximum Gasteiger partial charge on any atom is 0.0343 e. The molecule has 0 aromatic heterocycles. The molecular formula is C12H17N. The van der Waals surface area contributed by atoms with Crippen LogP contribution in [-0.2, 0) is 0 Å². The van der Waals surface area contributed by atoms with E-state index >= 15 is 0 Å². The quantitative estimate of drug-likeness (QED) is 0.744. The number of nitrogens with one attached hydrogen (secondary N) is 1. The van der Waals surface area contributed by atoms with Crippen LogP contribution in [0.15, 0.2) is 24.8 Å². The molecule has 1 aromatic carbocycles. The molecule has 0 aliphatic rings. The smallest absolute Gasteiger partial charge is 0.0343 e. The third-order valence-corrected chi connectivity index (χ3v) is 2.10. The molecule has 1 aromatic rings. The van der Waals surface area contributed by atoms with Crippen molar-refractivity contribution in [3.05, 3.63) is 41.5 Å². The van der Waals surface area contributed by atoms with Crippen molar-refractivity contribution in [2.45, 2.75) is 20.8 Å². The highest BCUT2D eigenvalue weighted by molar-refractivity contribution is 5.64. The van der Waals surface area contributed by atoms with Gasteiger partial charge in [0.1, 0.15) is 0 Å². The summed E-state index contributed by atoms with van der Waals surface area (Å²) in [5.41, 5.74) is 4.81. The average Bonchev–Trinajstić information content (AvgIpc) is 2.04. The van der Waals surface area contributed by atoms with Crippen molar-refractivity contribution in [2.24, 2.45) is 0 Å². The Hall–Kier alpha value is -1.24. The fourth-order valence-electron chi connectivity index (χ4n) is 1.46. The van der Waals surface area contributed by atoms with E-state index in [1.807, 2.05) is 0 Å². The van der Waals surface area contributed by atoms with Gasteiger partial charge < -0.3 is 5.32 Å². The van der Waals surface area contributed by atoms with E-state index in [9.17, 15) is 0 Å². The summed E-state index contributed by atoms with van der Waals surface area (Å²) >= 11 is 0. The summed E-state index contributed by atoms with van der Waals surface area (Å²) in [6, 6.07) is 6.42. The van der Waals surface area contributed by atoms with Gasteiger partial charge in [-0.25, -0.2) is 0 Å². The topological polar surface area (TPSA) is 12.0 Å². The predicted molar refractivity (Wildman–Crippen MR) is 58.6 cm³/mol. The standard InChI is InChI=1S/C12H17N/c1-5-13-11(4)12-7-6-9(2)8-10(12)3/h6-8,13H,4-5H2,1-3H3. The van der Waals surface area contributed by atoms with E-state index in [0.29, 0.717) is 0 Å². The lowest BCUT2D eigenvalue weighted by atomic mass is 10.0. The van der Waals surface area contributed by atoms with E-state index in [4.69, 9.17) is 0 Å². The highest BCUT2D eigenvalue weighted by atomic mass is 14.9. The van der Waals surface area contributed by atoms with Crippen molar-refractivity contribution < 1.29 is 0 Å². The van der Waals surface area contributed by atoms with E-state index < -0.39 is 0 Å². The Morgan fingerprint density at radius 3 is 2.62 bits per heavy atom. The van der Waals surface area contributed by atoms with Gasteiger partial charge in [-0.2, -0.15) is 0 Å². The van der Waals surface area contributed by atoms with Gasteiger partial charge in [-0.05, 0) is 31.9 Å². The van der Waals surface area contributed by atoms with E-state index in [1.54, 1.807) is 0 Å². The molecule has 0 radical (unpaired) electrons. The fourth-order valence-corrected chi connectivity index (χ4v) is 1.46. The molecule has 1 nitrogen and oxygen atoms in total. The molecular weight excluding hydrogens is 158 g/mol. The second-order valence-corrected chi connectivity index (χ2v) is 3.33. The van der Waals surface area contributed by atoms with Crippen LogP contribution in [0.4, 0.5) is 0 Å². The first-order valence-corrected chi connectivity index (χ1v) is 4.65. The molecule has 70 valence electrons. The summed E-state index contributed by atoms with van der Waals surface area (Å²) in [7, 11) is 0. The molecule has 0 bridgehead atoms. The summed E-state index contributed by atoms with van der Waals surface area (Å²) in [6.07, 6.45) is 0. The first kappa shape index (κ1) is 9.85. The van der Waals surface area contributed by atoms with Crippen LogP contribution in [0.25, 0.3) is 5.70 Å². The molecule has 0 fully saturated rings. The molecule has 0 atom stereocenters. The van der Waals surface area contributed by atoms with Crippen molar-refractivity contribution in [3.8, 4) is 0 Å². The molecule has 13 heavy (non-hydrogen) atoms. The van der Waals surface area contributed by atoms with Gasteiger partial charge in [0.15, 0.2) is 0 Å². The van der Waals surface area contributed by atoms with Crippen LogP contribution in [0.2, 0.25) is 0 Å². The molecule has 0 saturated heterocycles. The van der Waals surface area contributed by atoms with E-state index in [2.05, 4.69) is 50.9 Å². The van der Waals surface area contributed by atoms with Gasteiger partial charge in [0, 0.05) is 12.2 Å². The van der Waals surface area contributed by atoms with Crippen LogP contribution in [0.5, 0.6) is 0 Å². The first-order chi connectivity index (χ1) is 6.15. The number of hydrogen-bond acceptors (Lipinski definition) is 1. The second kappa shape index (κ2) is 4.13. The van der Waals surface area contributed by atoms with Gasteiger partial charge in [0.25, 0.3) is 0 Å². The van der Waals surface area contributed by atoms with Crippen molar-refractivity contribution in [1.82, 2.24) is 5.32 Å². The third-order valence-electron chi connectivity index (χ3n) is 2.10. The highest BCUT2D eigenvalue weighted by Gasteiger charge is 2.00. The van der Waals surface area contributed by atoms with Crippen LogP contribution in [-0.4, -0.2) is 6.54 Å². The lowest BCUT2D eigenvalue weighted by Gasteiger charge is -2.10. The molecule has 0 saturated carbocycles. The SMILES string of the molecule is C=C(NCC)c1ccc(C)cc1C. The lowest BCUT2D eigenvalue weighted by molar-refractivity contribution is 0.940. The largest absolute Gasteiger partial charge is 0.385 e. The summed E-state index contributed by atoms with van der Waals surface area (Å²) in [6.45, 7) is 11.2. The van der Waals surface area contributed by atoms with Crippen LogP contribution in [0, 0.1) is 13.8 Å². The van der Waals surface area contributed by atoms with Crippen molar-refractivity contribution in [3.63, 3.8) is 0 Å². The van der Waals surface area contributed by atoms with Crippen LogP contribution < -0.4 is 5.32 Å². The van der Waals surface area contributed by atoms with Crippen molar-refractivity contribution in [1.29, 1.82) is 0 Å². The Bertz CT molecular complexity index is 313. The fraction of sp³-hybridized carbons (Fsp3) is 0.333. The molecule has 0 unspecified atom stereocenters. The van der Waals surface area contributed by atoms with Crippen molar-refractivity contribution in [2.75, 3.05) is 6.54 Å². The zero-order valence-corrected chi connectivity index (χ0v) is 8.65. The van der Waals surface area contributed by atoms with E-state index in [-0.39, 0.29) is 0 Å². The van der Waals surface area contributed by atoms with E-state index in [0.717, 1.165) is 12.2 Å². The van der Waals surface area contributed by atoms with Crippen LogP contribution in [0.3, 0.4) is 0 Å². The second-order valence-electron chi connectivity index (χ2n) is 3.33. The number of rotatable bonds is 3. The van der Waals surface area contributed by atoms with Crippen LogP contribution >= 0.6 is 0 Å². The highest BCUT2D eigenvalue weighted by Crippen LogP contribution is 2.16. The van der Waals surface area contributed by atoms with E-state index in [1.165, 1.54) is 16.7 Å².